The van der Waals surface area contributed by atoms with Gasteiger partial charge >= 0.3 is 12.1 Å². The van der Waals surface area contributed by atoms with E-state index in [1.165, 1.54) is 12.0 Å². The molecule has 1 heterocycles. The summed E-state index contributed by atoms with van der Waals surface area (Å²) in [5.74, 6) is -0.496. The number of esters is 1. The Labute approximate surface area is 111 Å². The highest BCUT2D eigenvalue weighted by Gasteiger charge is 2.32. The Balaban J connectivity index is 2.44. The molecule has 1 saturated heterocycles. The van der Waals surface area contributed by atoms with Crippen LogP contribution < -0.4 is 10.6 Å². The molecule has 1 unspecified atom stereocenters. The Hall–Kier alpha value is -2.08. The summed E-state index contributed by atoms with van der Waals surface area (Å²) in [6.07, 6.45) is 0.149. The Morgan fingerprint density at radius 2 is 2.26 bits per heavy atom. The highest BCUT2D eigenvalue weighted by atomic mass is 16.6. The van der Waals surface area contributed by atoms with Crippen LogP contribution in [0.15, 0.2) is 24.3 Å². The molecule has 1 aromatic rings. The molecule has 6 nitrogen and oxygen atoms in total. The van der Waals surface area contributed by atoms with Crippen molar-refractivity contribution < 1.29 is 19.1 Å². The van der Waals surface area contributed by atoms with Crippen molar-refractivity contribution in [2.24, 2.45) is 5.73 Å². The summed E-state index contributed by atoms with van der Waals surface area (Å²) in [6, 6.07) is 6.57. The Morgan fingerprint density at radius 3 is 2.95 bits per heavy atom. The monoisotopic (exact) mass is 264 g/mol. The van der Waals surface area contributed by atoms with E-state index < -0.39 is 12.1 Å². The number of benzene rings is 1. The third kappa shape index (κ3) is 2.53. The minimum atomic E-state index is -0.496. The summed E-state index contributed by atoms with van der Waals surface area (Å²) in [5, 5.41) is 0. The van der Waals surface area contributed by atoms with Crippen LogP contribution in [0.25, 0.3) is 0 Å². The minimum absolute atomic E-state index is 0.174. The molecular formula is C13H16N2O4. The van der Waals surface area contributed by atoms with E-state index in [4.69, 9.17) is 15.2 Å². The van der Waals surface area contributed by atoms with Gasteiger partial charge in [0.05, 0.1) is 31.0 Å². The number of nitrogens with two attached hydrogens (primary N) is 1. The number of hydrogen-bond acceptors (Lipinski definition) is 5. The van der Waals surface area contributed by atoms with E-state index in [0.29, 0.717) is 30.8 Å². The molecule has 2 rings (SSSR count). The van der Waals surface area contributed by atoms with E-state index in [0.717, 1.165) is 0 Å². The lowest BCUT2D eigenvalue weighted by molar-refractivity contribution is 0.0601. The third-order valence-corrected chi connectivity index (χ3v) is 3.08. The van der Waals surface area contributed by atoms with E-state index in [1.54, 1.807) is 24.3 Å². The van der Waals surface area contributed by atoms with Crippen molar-refractivity contribution in [1.82, 2.24) is 0 Å². The second-order valence-electron chi connectivity index (χ2n) is 4.17. The molecule has 0 aliphatic carbocycles. The maximum atomic E-state index is 11.9. The number of ether oxygens (including phenoxy) is 2. The molecule has 0 bridgehead atoms. The van der Waals surface area contributed by atoms with Gasteiger partial charge in [-0.3, -0.25) is 4.90 Å². The number of para-hydroxylation sites is 1. The second-order valence-corrected chi connectivity index (χ2v) is 4.17. The standard InChI is InChI=1S/C13H16N2O4/c1-18-12(16)10-4-2-3-5-11(10)15-9(8-14)6-7-19-13(15)17/h2-5,9H,6-8,14H2,1H3. The molecule has 19 heavy (non-hydrogen) atoms. The first kappa shape index (κ1) is 13.4. The molecule has 2 N–H and O–H groups in total. The Bertz CT molecular complexity index is 489. The number of amides is 1. The van der Waals surface area contributed by atoms with E-state index in [-0.39, 0.29) is 6.04 Å². The van der Waals surface area contributed by atoms with Crippen LogP contribution in [0.3, 0.4) is 0 Å². The number of carbonyl (C=O) groups is 2. The molecule has 1 atom stereocenters. The van der Waals surface area contributed by atoms with Gasteiger partial charge in [0.15, 0.2) is 0 Å². The van der Waals surface area contributed by atoms with E-state index in [1.807, 2.05) is 0 Å². The number of nitrogens with zero attached hydrogens (tertiary/aromatic N) is 1. The number of carbonyl (C=O) groups excluding carboxylic acids is 2. The molecule has 102 valence electrons. The van der Waals surface area contributed by atoms with Crippen LogP contribution in [-0.2, 0) is 9.47 Å². The lowest BCUT2D eigenvalue weighted by atomic mass is 10.1. The highest BCUT2D eigenvalue weighted by Crippen LogP contribution is 2.27. The first-order valence-corrected chi connectivity index (χ1v) is 6.02. The van der Waals surface area contributed by atoms with Gasteiger partial charge < -0.3 is 15.2 Å². The van der Waals surface area contributed by atoms with Crippen LogP contribution in [0.4, 0.5) is 10.5 Å². The molecule has 1 fully saturated rings. The summed E-state index contributed by atoms with van der Waals surface area (Å²) in [4.78, 5) is 25.1. The predicted molar refractivity (Wildman–Crippen MR) is 69.1 cm³/mol. The van der Waals surface area contributed by atoms with Gasteiger partial charge in [0.2, 0.25) is 0 Å². The summed E-state index contributed by atoms with van der Waals surface area (Å²) in [5.41, 5.74) is 6.47. The smallest absolute Gasteiger partial charge is 0.414 e. The van der Waals surface area contributed by atoms with Crippen LogP contribution >= 0.6 is 0 Å². The van der Waals surface area contributed by atoms with Crippen molar-refractivity contribution in [3.8, 4) is 0 Å². The number of rotatable bonds is 3. The molecular weight excluding hydrogens is 248 g/mol. The molecule has 0 aromatic heterocycles. The summed E-state index contributed by atoms with van der Waals surface area (Å²) >= 11 is 0. The van der Waals surface area contributed by atoms with Crippen LogP contribution in [0.1, 0.15) is 16.8 Å². The lowest BCUT2D eigenvalue weighted by Gasteiger charge is -2.34. The summed E-state index contributed by atoms with van der Waals surface area (Å²) in [6.45, 7) is 0.655. The average Bonchev–Trinajstić information content (AvgIpc) is 2.46. The van der Waals surface area contributed by atoms with E-state index in [9.17, 15) is 9.59 Å². The number of anilines is 1. The molecule has 1 aromatic carbocycles. The molecule has 0 saturated carbocycles. The quantitative estimate of drug-likeness (QED) is 0.828. The zero-order valence-corrected chi connectivity index (χ0v) is 10.7. The average molecular weight is 264 g/mol. The molecule has 0 spiro atoms. The third-order valence-electron chi connectivity index (χ3n) is 3.08. The fourth-order valence-corrected chi connectivity index (χ4v) is 2.11. The topological polar surface area (TPSA) is 81.9 Å². The minimum Gasteiger partial charge on any atom is -0.465 e. The van der Waals surface area contributed by atoms with Gasteiger partial charge in [-0.15, -0.1) is 0 Å². The molecule has 0 radical (unpaired) electrons. The molecule has 1 aliphatic heterocycles. The van der Waals surface area contributed by atoms with Crippen molar-refractivity contribution in [1.29, 1.82) is 0 Å². The Morgan fingerprint density at radius 1 is 1.53 bits per heavy atom. The lowest BCUT2D eigenvalue weighted by Crippen LogP contribution is -2.50. The van der Waals surface area contributed by atoms with Crippen molar-refractivity contribution in [2.45, 2.75) is 12.5 Å². The van der Waals surface area contributed by atoms with E-state index in [2.05, 4.69) is 0 Å². The van der Waals surface area contributed by atoms with Crippen molar-refractivity contribution in [3.05, 3.63) is 29.8 Å². The SMILES string of the molecule is COC(=O)c1ccccc1N1C(=O)OCCC1CN. The molecule has 1 amide bonds. The largest absolute Gasteiger partial charge is 0.465 e. The maximum Gasteiger partial charge on any atom is 0.414 e. The van der Waals surface area contributed by atoms with Crippen molar-refractivity contribution >= 4 is 17.7 Å². The van der Waals surface area contributed by atoms with Gasteiger partial charge in [-0.1, -0.05) is 12.1 Å². The van der Waals surface area contributed by atoms with Gasteiger partial charge in [0, 0.05) is 13.0 Å². The fraction of sp³-hybridized carbons (Fsp3) is 0.385. The van der Waals surface area contributed by atoms with Crippen LogP contribution in [0, 0.1) is 0 Å². The van der Waals surface area contributed by atoms with Gasteiger partial charge in [0.25, 0.3) is 0 Å². The summed E-state index contributed by atoms with van der Waals surface area (Å²) < 4.78 is 9.75. The van der Waals surface area contributed by atoms with Crippen LogP contribution in [0.2, 0.25) is 0 Å². The van der Waals surface area contributed by atoms with Crippen molar-refractivity contribution in [3.63, 3.8) is 0 Å². The second kappa shape index (κ2) is 5.71. The normalized spacial score (nSPS) is 18.9. The maximum absolute atomic E-state index is 11.9. The zero-order chi connectivity index (χ0) is 13.8. The fourth-order valence-electron chi connectivity index (χ4n) is 2.11. The van der Waals surface area contributed by atoms with Gasteiger partial charge in [-0.2, -0.15) is 0 Å². The first-order valence-electron chi connectivity index (χ1n) is 6.02. The zero-order valence-electron chi connectivity index (χ0n) is 10.7. The highest BCUT2D eigenvalue weighted by molar-refractivity contribution is 6.01. The number of methoxy groups -OCH3 is 1. The van der Waals surface area contributed by atoms with Crippen LogP contribution in [0.5, 0.6) is 0 Å². The van der Waals surface area contributed by atoms with Gasteiger partial charge in [0.1, 0.15) is 0 Å². The van der Waals surface area contributed by atoms with Gasteiger partial charge in [-0.25, -0.2) is 9.59 Å². The van der Waals surface area contributed by atoms with Crippen LogP contribution in [-0.4, -0.2) is 38.4 Å². The number of cyclic esters (lactones) is 1. The molecule has 6 heteroatoms. The Kier molecular flexibility index (Phi) is 4.01. The first-order chi connectivity index (χ1) is 9.19. The predicted octanol–water partition coefficient (Wildman–Crippen LogP) is 1.15. The van der Waals surface area contributed by atoms with Gasteiger partial charge in [-0.05, 0) is 12.1 Å². The van der Waals surface area contributed by atoms with Crippen molar-refractivity contribution in [2.75, 3.05) is 25.2 Å². The molecule has 1 aliphatic rings. The summed E-state index contributed by atoms with van der Waals surface area (Å²) in [7, 11) is 1.30. The number of hydrogen-bond donors (Lipinski definition) is 1. The van der Waals surface area contributed by atoms with E-state index >= 15 is 0 Å².